The molecule has 0 saturated carbocycles. The van der Waals surface area contributed by atoms with Crippen LogP contribution in [0.5, 0.6) is 11.5 Å². The second kappa shape index (κ2) is 14.1. The van der Waals surface area contributed by atoms with Gasteiger partial charge in [-0.15, -0.1) is 0 Å². The molecule has 12 nitrogen and oxygen atoms in total. The van der Waals surface area contributed by atoms with Crippen molar-refractivity contribution in [2.45, 2.75) is 31.6 Å². The predicted molar refractivity (Wildman–Crippen MR) is 118 cm³/mol. The van der Waals surface area contributed by atoms with E-state index >= 15 is 0 Å². The number of nitro groups is 1. The number of hydrogen-bond donors (Lipinski definition) is 3. The normalized spacial score (nSPS) is 11.2. The summed E-state index contributed by atoms with van der Waals surface area (Å²) in [5, 5.41) is 16.0. The molecule has 0 radical (unpaired) electrons. The zero-order valence-corrected chi connectivity index (χ0v) is 19.0. The van der Waals surface area contributed by atoms with Crippen LogP contribution in [0.15, 0.2) is 12.1 Å². The summed E-state index contributed by atoms with van der Waals surface area (Å²) in [4.78, 5) is 45.9. The summed E-state index contributed by atoms with van der Waals surface area (Å²) < 4.78 is 15.4. The highest BCUT2D eigenvalue weighted by molar-refractivity contribution is 8.12. The molecule has 1 aromatic carbocycles. The van der Waals surface area contributed by atoms with E-state index in [2.05, 4.69) is 15.4 Å². The molecule has 1 atom stereocenters. The number of nitro benzene ring substituents is 1. The fourth-order valence-electron chi connectivity index (χ4n) is 2.46. The number of nitrogens with one attached hydrogen (secondary N) is 2. The van der Waals surface area contributed by atoms with Gasteiger partial charge in [0.05, 0.1) is 31.8 Å². The quantitative estimate of drug-likeness (QED) is 0.165. The molecule has 2 amide bonds. The molecule has 13 heteroatoms. The highest BCUT2D eigenvalue weighted by atomic mass is 32.2. The first-order chi connectivity index (χ1) is 15.2. The van der Waals surface area contributed by atoms with Crippen LogP contribution in [0.4, 0.5) is 10.5 Å². The van der Waals surface area contributed by atoms with Crippen molar-refractivity contribution >= 4 is 34.6 Å². The maximum absolute atomic E-state index is 12.0. The van der Waals surface area contributed by atoms with Crippen molar-refractivity contribution in [3.63, 3.8) is 0 Å². The molecule has 0 aliphatic carbocycles. The number of esters is 1. The lowest BCUT2D eigenvalue weighted by molar-refractivity contribution is -0.385. The molecule has 0 aliphatic rings. The molecular formula is C19H28N4O8S. The van der Waals surface area contributed by atoms with Gasteiger partial charge >= 0.3 is 5.97 Å². The van der Waals surface area contributed by atoms with Gasteiger partial charge in [0, 0.05) is 30.8 Å². The van der Waals surface area contributed by atoms with E-state index < -0.39 is 22.2 Å². The van der Waals surface area contributed by atoms with Gasteiger partial charge in [-0.05, 0) is 19.4 Å². The second-order valence-corrected chi connectivity index (χ2v) is 7.39. The summed E-state index contributed by atoms with van der Waals surface area (Å²) in [5.74, 6) is -0.399. The van der Waals surface area contributed by atoms with Crippen LogP contribution in [0.2, 0.25) is 0 Å². The summed E-state index contributed by atoms with van der Waals surface area (Å²) in [7, 11) is 2.59. The Kier molecular flexibility index (Phi) is 11.9. The molecule has 4 N–H and O–H groups in total. The third-order valence-electron chi connectivity index (χ3n) is 4.08. The Morgan fingerprint density at radius 2 is 1.97 bits per heavy atom. The van der Waals surface area contributed by atoms with E-state index in [1.807, 2.05) is 0 Å². The highest BCUT2D eigenvalue weighted by Gasteiger charge is 2.22. The number of thioether (sulfide) groups is 1. The number of nitrogens with two attached hydrogens (primary N) is 1. The molecule has 0 bridgehead atoms. The molecule has 1 unspecified atom stereocenters. The minimum absolute atomic E-state index is 0.0337. The van der Waals surface area contributed by atoms with Crippen molar-refractivity contribution in [1.82, 2.24) is 10.6 Å². The molecule has 178 valence electrons. The molecule has 0 saturated heterocycles. The number of nitrogens with zero attached hydrogens (tertiary/aromatic N) is 1. The van der Waals surface area contributed by atoms with Gasteiger partial charge in [-0.3, -0.25) is 19.7 Å². The standard InChI is InChI=1S/C19H28N4O8S/c1-12(18(25)30-3)22-19(26)32-11-13-9-15(29-2)16(10-14(13)23(27)28)31-8-4-5-17(24)21-7-6-20/h9-10,12H,4-8,11,20H2,1-3H3,(H,21,24)(H,22,26). The van der Waals surface area contributed by atoms with E-state index in [1.165, 1.54) is 33.3 Å². The summed E-state index contributed by atoms with van der Waals surface area (Å²) in [6.45, 7) is 2.34. The van der Waals surface area contributed by atoms with Crippen molar-refractivity contribution in [3.05, 3.63) is 27.8 Å². The molecule has 0 aromatic heterocycles. The maximum atomic E-state index is 12.0. The van der Waals surface area contributed by atoms with Gasteiger partial charge in [0.2, 0.25) is 5.91 Å². The molecule has 0 fully saturated rings. The fraction of sp³-hybridized carbons (Fsp3) is 0.526. The Labute approximate surface area is 189 Å². The maximum Gasteiger partial charge on any atom is 0.328 e. The number of methoxy groups -OCH3 is 2. The van der Waals surface area contributed by atoms with E-state index in [0.717, 1.165) is 11.8 Å². The Morgan fingerprint density at radius 3 is 2.56 bits per heavy atom. The molecule has 1 aromatic rings. The summed E-state index contributed by atoms with van der Waals surface area (Å²) >= 11 is 0.762. The number of carbonyl (C=O) groups is 3. The van der Waals surface area contributed by atoms with Gasteiger partial charge in [-0.1, -0.05) is 11.8 Å². The van der Waals surface area contributed by atoms with Crippen LogP contribution in [0.1, 0.15) is 25.3 Å². The predicted octanol–water partition coefficient (Wildman–Crippen LogP) is 1.34. The van der Waals surface area contributed by atoms with Crippen molar-refractivity contribution in [2.75, 3.05) is 33.9 Å². The highest BCUT2D eigenvalue weighted by Crippen LogP contribution is 2.36. The molecule has 32 heavy (non-hydrogen) atoms. The third-order valence-corrected chi connectivity index (χ3v) is 4.92. The fourth-order valence-corrected chi connectivity index (χ4v) is 3.24. The number of carbonyl (C=O) groups excluding carboxylic acids is 3. The van der Waals surface area contributed by atoms with Crippen LogP contribution < -0.4 is 25.8 Å². The molecular weight excluding hydrogens is 444 g/mol. The monoisotopic (exact) mass is 472 g/mol. The van der Waals surface area contributed by atoms with Gasteiger partial charge < -0.3 is 30.6 Å². The van der Waals surface area contributed by atoms with Gasteiger partial charge in [-0.2, -0.15) is 0 Å². The minimum Gasteiger partial charge on any atom is -0.493 e. The van der Waals surface area contributed by atoms with E-state index in [4.69, 9.17) is 15.2 Å². The smallest absolute Gasteiger partial charge is 0.328 e. The van der Waals surface area contributed by atoms with Gasteiger partial charge in [0.1, 0.15) is 6.04 Å². The van der Waals surface area contributed by atoms with E-state index in [-0.39, 0.29) is 47.4 Å². The summed E-state index contributed by atoms with van der Waals surface area (Å²) in [6, 6.07) is 1.79. The van der Waals surface area contributed by atoms with Crippen LogP contribution in [-0.2, 0) is 20.1 Å². The van der Waals surface area contributed by atoms with Crippen molar-refractivity contribution < 1.29 is 33.5 Å². The Balaban J connectivity index is 2.79. The Hall–Kier alpha value is -3.06. The lowest BCUT2D eigenvalue weighted by Gasteiger charge is -2.13. The molecule has 0 heterocycles. The van der Waals surface area contributed by atoms with Crippen LogP contribution in [0.3, 0.4) is 0 Å². The Bertz CT molecular complexity index is 821. The van der Waals surface area contributed by atoms with E-state index in [0.29, 0.717) is 19.5 Å². The van der Waals surface area contributed by atoms with E-state index in [1.54, 1.807) is 0 Å². The molecule has 1 rings (SSSR count). The lowest BCUT2D eigenvalue weighted by Crippen LogP contribution is -2.37. The van der Waals surface area contributed by atoms with Crippen LogP contribution in [0.25, 0.3) is 0 Å². The van der Waals surface area contributed by atoms with Crippen LogP contribution >= 0.6 is 11.8 Å². The first kappa shape index (κ1) is 27.0. The average molecular weight is 473 g/mol. The molecule has 0 aliphatic heterocycles. The van der Waals surface area contributed by atoms with Crippen molar-refractivity contribution in [1.29, 1.82) is 0 Å². The number of amides is 2. The first-order valence-corrected chi connectivity index (χ1v) is 10.7. The number of rotatable bonds is 13. The Morgan fingerprint density at radius 1 is 1.25 bits per heavy atom. The SMILES string of the molecule is COC(=O)C(C)NC(=O)SCc1cc(OC)c(OCCCC(=O)NCCN)cc1[N+](=O)[O-]. The minimum atomic E-state index is -0.849. The number of ether oxygens (including phenoxy) is 3. The van der Waals surface area contributed by atoms with Crippen molar-refractivity contribution in [3.8, 4) is 11.5 Å². The summed E-state index contributed by atoms with van der Waals surface area (Å²) in [6.07, 6.45) is 0.613. The average Bonchev–Trinajstić information content (AvgIpc) is 2.78. The first-order valence-electron chi connectivity index (χ1n) is 9.69. The largest absolute Gasteiger partial charge is 0.493 e. The van der Waals surface area contributed by atoms with Crippen LogP contribution in [-0.4, -0.2) is 62.0 Å². The summed E-state index contributed by atoms with van der Waals surface area (Å²) in [5.41, 5.74) is 5.31. The zero-order chi connectivity index (χ0) is 24.1. The zero-order valence-electron chi connectivity index (χ0n) is 18.2. The number of hydrogen-bond acceptors (Lipinski definition) is 10. The lowest BCUT2D eigenvalue weighted by atomic mass is 10.2. The van der Waals surface area contributed by atoms with E-state index in [9.17, 15) is 24.5 Å². The van der Waals surface area contributed by atoms with Gasteiger partial charge in [0.15, 0.2) is 11.5 Å². The topological polar surface area (TPSA) is 172 Å². The second-order valence-electron chi connectivity index (χ2n) is 6.44. The van der Waals surface area contributed by atoms with Crippen molar-refractivity contribution in [2.24, 2.45) is 5.73 Å². The molecule has 0 spiro atoms. The van der Waals surface area contributed by atoms with Gasteiger partial charge in [0.25, 0.3) is 10.9 Å². The van der Waals surface area contributed by atoms with Crippen LogP contribution in [0, 0.1) is 10.1 Å². The number of benzene rings is 1. The third kappa shape index (κ3) is 8.98. The van der Waals surface area contributed by atoms with Gasteiger partial charge in [-0.25, -0.2) is 4.79 Å².